The Labute approximate surface area is 176 Å². The topological polar surface area (TPSA) is 77.8 Å². The number of hydrogen-bond donors (Lipinski definition) is 3. The molecule has 4 aliphatic rings. The lowest BCUT2D eigenvalue weighted by Gasteiger charge is -2.64. The first-order valence-electron chi connectivity index (χ1n) is 12.2. The van der Waals surface area contributed by atoms with E-state index in [1.165, 1.54) is 25.7 Å². The van der Waals surface area contributed by atoms with Gasteiger partial charge in [-0.3, -0.25) is 4.79 Å². The van der Waals surface area contributed by atoms with Crippen molar-refractivity contribution in [2.24, 2.45) is 52.3 Å². The summed E-state index contributed by atoms with van der Waals surface area (Å²) in [6.07, 6.45) is 8.99. The third-order valence-electron chi connectivity index (χ3n) is 10.7. The van der Waals surface area contributed by atoms with Crippen LogP contribution < -0.4 is 0 Å². The van der Waals surface area contributed by atoms with Gasteiger partial charge in [-0.25, -0.2) is 0 Å². The van der Waals surface area contributed by atoms with Crippen LogP contribution in [-0.2, 0) is 4.79 Å². The Morgan fingerprint density at radius 3 is 2.34 bits per heavy atom. The van der Waals surface area contributed by atoms with Crippen LogP contribution in [0.3, 0.4) is 0 Å². The average Bonchev–Trinajstić information content (AvgIpc) is 3.01. The quantitative estimate of drug-likeness (QED) is 0.631. The standard InChI is InChI=1S/C25H42O4/c1-14(23(28)29)5-6-16-7-8-18-21-19(10-12-24(16,18)3)25(4)11-9-17(26)13-20(25)15(2)22(21)27/h14-22,26-27H,5-13H2,1-4H3,(H,28,29)/t14?,15-,16+,17-,18?,19?,20?,21?,22-,24-,25-/m1/s1. The fourth-order valence-corrected chi connectivity index (χ4v) is 8.81. The van der Waals surface area contributed by atoms with Crippen molar-refractivity contribution in [1.82, 2.24) is 0 Å². The highest BCUT2D eigenvalue weighted by Crippen LogP contribution is 2.68. The fourth-order valence-electron chi connectivity index (χ4n) is 8.81. The number of aliphatic carboxylic acids is 1. The summed E-state index contributed by atoms with van der Waals surface area (Å²) in [7, 11) is 0. The van der Waals surface area contributed by atoms with Crippen LogP contribution >= 0.6 is 0 Å². The minimum Gasteiger partial charge on any atom is -0.481 e. The first-order chi connectivity index (χ1) is 13.6. The van der Waals surface area contributed by atoms with Gasteiger partial charge in [0.1, 0.15) is 0 Å². The molecule has 0 aliphatic heterocycles. The van der Waals surface area contributed by atoms with E-state index >= 15 is 0 Å². The van der Waals surface area contributed by atoms with E-state index in [1.807, 2.05) is 6.92 Å². The Balaban J connectivity index is 1.56. The molecule has 4 saturated carbocycles. The molecule has 0 radical (unpaired) electrons. The Hall–Kier alpha value is -0.610. The van der Waals surface area contributed by atoms with Gasteiger partial charge < -0.3 is 15.3 Å². The molecule has 0 bridgehead atoms. The lowest BCUT2D eigenvalue weighted by atomic mass is 9.42. The molecule has 0 amide bonds. The van der Waals surface area contributed by atoms with Gasteiger partial charge in [0.15, 0.2) is 0 Å². The van der Waals surface area contributed by atoms with E-state index in [4.69, 9.17) is 0 Å². The largest absolute Gasteiger partial charge is 0.481 e. The molecule has 4 fully saturated rings. The van der Waals surface area contributed by atoms with Crippen LogP contribution in [0, 0.1) is 52.3 Å². The highest BCUT2D eigenvalue weighted by Gasteiger charge is 2.64. The van der Waals surface area contributed by atoms with Gasteiger partial charge in [-0.05, 0) is 104 Å². The molecule has 166 valence electrons. The van der Waals surface area contributed by atoms with Gasteiger partial charge in [-0.15, -0.1) is 0 Å². The summed E-state index contributed by atoms with van der Waals surface area (Å²) >= 11 is 0. The number of carboxylic acid groups (broad SMARTS) is 1. The van der Waals surface area contributed by atoms with E-state index < -0.39 is 5.97 Å². The highest BCUT2D eigenvalue weighted by atomic mass is 16.4. The summed E-state index contributed by atoms with van der Waals surface area (Å²) in [5.41, 5.74) is 0.497. The normalized spacial score (nSPS) is 52.9. The first-order valence-corrected chi connectivity index (χ1v) is 12.2. The predicted octanol–water partition coefficient (Wildman–Crippen LogP) is 4.72. The number of fused-ring (bicyclic) bond motifs is 5. The maximum absolute atomic E-state index is 11.5. The number of carboxylic acids is 1. The van der Waals surface area contributed by atoms with Gasteiger partial charge in [-0.2, -0.15) is 0 Å². The van der Waals surface area contributed by atoms with E-state index in [0.29, 0.717) is 29.6 Å². The third-order valence-corrected chi connectivity index (χ3v) is 10.7. The number of aliphatic hydroxyl groups excluding tert-OH is 2. The fraction of sp³-hybridized carbons (Fsp3) is 0.960. The molecule has 0 heterocycles. The molecule has 3 N–H and O–H groups in total. The van der Waals surface area contributed by atoms with Crippen molar-refractivity contribution in [1.29, 1.82) is 0 Å². The Morgan fingerprint density at radius 2 is 1.66 bits per heavy atom. The second kappa shape index (κ2) is 7.51. The lowest BCUT2D eigenvalue weighted by molar-refractivity contribution is -0.198. The first kappa shape index (κ1) is 21.6. The van der Waals surface area contributed by atoms with Crippen LogP contribution in [-0.4, -0.2) is 33.5 Å². The summed E-state index contributed by atoms with van der Waals surface area (Å²) in [4.78, 5) is 11.3. The number of aliphatic hydroxyl groups is 2. The molecule has 4 heteroatoms. The molecule has 0 spiro atoms. The zero-order chi connectivity index (χ0) is 21.1. The molecule has 0 saturated heterocycles. The van der Waals surface area contributed by atoms with Crippen LogP contribution in [0.2, 0.25) is 0 Å². The predicted molar refractivity (Wildman–Crippen MR) is 113 cm³/mol. The van der Waals surface area contributed by atoms with Crippen LogP contribution in [0.1, 0.15) is 85.5 Å². The van der Waals surface area contributed by atoms with E-state index in [0.717, 1.165) is 32.1 Å². The summed E-state index contributed by atoms with van der Waals surface area (Å²) in [6.45, 7) is 8.98. The van der Waals surface area contributed by atoms with Crippen LogP contribution in [0.4, 0.5) is 0 Å². The van der Waals surface area contributed by atoms with Gasteiger partial charge in [0.2, 0.25) is 0 Å². The molecule has 4 nitrogen and oxygen atoms in total. The molecule has 11 atom stereocenters. The summed E-state index contributed by atoms with van der Waals surface area (Å²) in [5, 5.41) is 31.1. The second-order valence-corrected chi connectivity index (χ2v) is 11.8. The van der Waals surface area contributed by atoms with Crippen LogP contribution in [0.25, 0.3) is 0 Å². The minimum absolute atomic E-state index is 0.194. The Morgan fingerprint density at radius 1 is 1.00 bits per heavy atom. The van der Waals surface area contributed by atoms with Gasteiger partial charge >= 0.3 is 5.97 Å². The minimum atomic E-state index is -0.677. The van der Waals surface area contributed by atoms with Crippen molar-refractivity contribution in [3.8, 4) is 0 Å². The van der Waals surface area contributed by atoms with E-state index in [1.54, 1.807) is 0 Å². The van der Waals surface area contributed by atoms with Gasteiger partial charge in [0.05, 0.1) is 18.1 Å². The van der Waals surface area contributed by atoms with Crippen molar-refractivity contribution >= 4 is 5.97 Å². The van der Waals surface area contributed by atoms with Crippen molar-refractivity contribution in [2.45, 2.75) is 97.7 Å². The molecule has 4 aliphatic carbocycles. The van der Waals surface area contributed by atoms with E-state index in [-0.39, 0.29) is 34.9 Å². The van der Waals surface area contributed by atoms with E-state index in [2.05, 4.69) is 20.8 Å². The molecule has 0 aromatic heterocycles. The lowest BCUT2D eigenvalue weighted by Crippen LogP contribution is -2.61. The number of rotatable bonds is 4. The van der Waals surface area contributed by atoms with Crippen molar-refractivity contribution in [3.05, 3.63) is 0 Å². The average molecular weight is 407 g/mol. The third kappa shape index (κ3) is 3.28. The molecular formula is C25H42O4. The Kier molecular flexibility index (Phi) is 5.60. The monoisotopic (exact) mass is 406 g/mol. The zero-order valence-corrected chi connectivity index (χ0v) is 18.8. The maximum Gasteiger partial charge on any atom is 0.306 e. The molecule has 5 unspecified atom stereocenters. The molecule has 0 aromatic carbocycles. The van der Waals surface area contributed by atoms with Crippen molar-refractivity contribution in [3.63, 3.8) is 0 Å². The summed E-state index contributed by atoms with van der Waals surface area (Å²) < 4.78 is 0. The number of carbonyl (C=O) groups is 1. The van der Waals surface area contributed by atoms with E-state index in [9.17, 15) is 20.1 Å². The highest BCUT2D eigenvalue weighted by molar-refractivity contribution is 5.69. The molecule has 29 heavy (non-hydrogen) atoms. The molecule has 0 aromatic rings. The summed E-state index contributed by atoms with van der Waals surface area (Å²) in [5.74, 6) is 1.85. The Bertz CT molecular complexity index is 634. The van der Waals surface area contributed by atoms with Crippen molar-refractivity contribution in [2.75, 3.05) is 0 Å². The SMILES string of the molecule is CC(CC[C@H]1CCC2C3C(CC[C@@]21C)[C@@]1(C)CC[C@@H](O)CC1[C@@H](C)[C@H]3O)C(=O)O. The van der Waals surface area contributed by atoms with Crippen LogP contribution in [0.5, 0.6) is 0 Å². The molecule has 4 rings (SSSR count). The zero-order valence-electron chi connectivity index (χ0n) is 18.8. The smallest absolute Gasteiger partial charge is 0.306 e. The van der Waals surface area contributed by atoms with Gasteiger partial charge in [0, 0.05) is 0 Å². The number of hydrogen-bond acceptors (Lipinski definition) is 3. The second-order valence-electron chi connectivity index (χ2n) is 11.8. The summed E-state index contributed by atoms with van der Waals surface area (Å²) in [6, 6.07) is 0. The van der Waals surface area contributed by atoms with Crippen LogP contribution in [0.15, 0.2) is 0 Å². The maximum atomic E-state index is 11.5. The van der Waals surface area contributed by atoms with Gasteiger partial charge in [0.25, 0.3) is 0 Å². The molecular weight excluding hydrogens is 364 g/mol. The van der Waals surface area contributed by atoms with Gasteiger partial charge in [-0.1, -0.05) is 27.7 Å². The van der Waals surface area contributed by atoms with Crippen molar-refractivity contribution < 1.29 is 20.1 Å².